The van der Waals surface area contributed by atoms with Crippen molar-refractivity contribution in [3.8, 4) is 0 Å². The molecule has 0 aliphatic carbocycles. The summed E-state index contributed by atoms with van der Waals surface area (Å²) in [4.78, 5) is 15.6. The van der Waals surface area contributed by atoms with Gasteiger partial charge in [0.25, 0.3) is 0 Å². The number of likely N-dealkylation sites (tertiary alicyclic amines) is 1. The summed E-state index contributed by atoms with van der Waals surface area (Å²) in [7, 11) is 0. The highest BCUT2D eigenvalue weighted by molar-refractivity contribution is 8.00. The van der Waals surface area contributed by atoms with E-state index in [1.54, 1.807) is 11.8 Å². The molecule has 1 spiro atoms. The van der Waals surface area contributed by atoms with Gasteiger partial charge in [-0.25, -0.2) is 0 Å². The number of benzene rings is 1. The monoisotopic (exact) mass is 304 g/mol. The van der Waals surface area contributed by atoms with Gasteiger partial charge in [-0.05, 0) is 56.3 Å². The Morgan fingerprint density at radius 2 is 1.76 bits per heavy atom. The number of rotatable bonds is 3. The molecule has 2 heterocycles. The molecule has 0 aromatic heterocycles. The molecular weight excluding hydrogens is 280 g/mol. The van der Waals surface area contributed by atoms with Crippen LogP contribution >= 0.6 is 11.8 Å². The molecular formula is C17H24N2OS. The van der Waals surface area contributed by atoms with Crippen LogP contribution in [-0.2, 0) is 4.79 Å². The second-order valence-electron chi connectivity index (χ2n) is 6.23. The summed E-state index contributed by atoms with van der Waals surface area (Å²) in [6.07, 6.45) is 4.95. The van der Waals surface area contributed by atoms with Crippen LogP contribution in [0.4, 0.5) is 0 Å². The Hall–Kier alpha value is -1.00. The van der Waals surface area contributed by atoms with Crippen LogP contribution in [0.5, 0.6) is 0 Å². The van der Waals surface area contributed by atoms with Gasteiger partial charge < -0.3 is 10.2 Å². The lowest BCUT2D eigenvalue weighted by Gasteiger charge is -2.44. The third-order valence-electron chi connectivity index (χ3n) is 4.95. The number of thioether (sulfide) groups is 1. The molecule has 1 aromatic carbocycles. The van der Waals surface area contributed by atoms with E-state index in [9.17, 15) is 4.79 Å². The summed E-state index contributed by atoms with van der Waals surface area (Å²) in [5, 5.41) is 3.44. The molecule has 4 heteroatoms. The van der Waals surface area contributed by atoms with Crippen molar-refractivity contribution in [3.05, 3.63) is 30.3 Å². The van der Waals surface area contributed by atoms with Crippen molar-refractivity contribution < 1.29 is 4.79 Å². The lowest BCUT2D eigenvalue weighted by Crippen LogP contribution is -2.47. The average Bonchev–Trinajstić information content (AvgIpc) is 2.55. The Bertz CT molecular complexity index is 461. The zero-order chi connectivity index (χ0) is 14.5. The van der Waals surface area contributed by atoms with Gasteiger partial charge in [0.05, 0.1) is 5.75 Å². The van der Waals surface area contributed by atoms with E-state index in [2.05, 4.69) is 22.3 Å². The highest BCUT2D eigenvalue weighted by atomic mass is 32.2. The average molecular weight is 304 g/mol. The third-order valence-corrected chi connectivity index (χ3v) is 5.94. The quantitative estimate of drug-likeness (QED) is 0.872. The molecule has 2 aliphatic heterocycles. The van der Waals surface area contributed by atoms with Crippen molar-refractivity contribution in [2.45, 2.75) is 30.6 Å². The van der Waals surface area contributed by atoms with E-state index in [-0.39, 0.29) is 0 Å². The highest BCUT2D eigenvalue weighted by Crippen LogP contribution is 2.39. The number of hydrogen-bond acceptors (Lipinski definition) is 3. The molecule has 2 saturated heterocycles. The number of carbonyl (C=O) groups excluding carboxylic acids is 1. The van der Waals surface area contributed by atoms with E-state index in [1.807, 2.05) is 18.2 Å². The maximum absolute atomic E-state index is 12.3. The number of amides is 1. The van der Waals surface area contributed by atoms with Crippen LogP contribution in [0.15, 0.2) is 35.2 Å². The SMILES string of the molecule is O=C(CSc1ccccc1)N1CCC2(CCNCC2)CC1. The summed E-state index contributed by atoms with van der Waals surface area (Å²) in [5.74, 6) is 0.867. The molecule has 0 radical (unpaired) electrons. The number of carbonyl (C=O) groups is 1. The molecule has 0 saturated carbocycles. The van der Waals surface area contributed by atoms with Crippen molar-refractivity contribution in [1.29, 1.82) is 0 Å². The smallest absolute Gasteiger partial charge is 0.232 e. The minimum atomic E-state index is 0.299. The molecule has 3 nitrogen and oxygen atoms in total. The van der Waals surface area contributed by atoms with Gasteiger partial charge in [0.2, 0.25) is 5.91 Å². The van der Waals surface area contributed by atoms with Crippen molar-refractivity contribution in [2.24, 2.45) is 5.41 Å². The molecule has 0 unspecified atom stereocenters. The van der Waals surface area contributed by atoms with E-state index in [4.69, 9.17) is 0 Å². The van der Waals surface area contributed by atoms with Gasteiger partial charge in [-0.15, -0.1) is 11.8 Å². The van der Waals surface area contributed by atoms with Gasteiger partial charge in [-0.1, -0.05) is 18.2 Å². The minimum Gasteiger partial charge on any atom is -0.342 e. The van der Waals surface area contributed by atoms with Crippen LogP contribution in [-0.4, -0.2) is 42.7 Å². The van der Waals surface area contributed by atoms with Crippen LogP contribution in [0.25, 0.3) is 0 Å². The molecule has 1 amide bonds. The first-order valence-electron chi connectivity index (χ1n) is 7.94. The van der Waals surface area contributed by atoms with Crippen molar-refractivity contribution in [1.82, 2.24) is 10.2 Å². The van der Waals surface area contributed by atoms with Crippen LogP contribution in [0.1, 0.15) is 25.7 Å². The number of nitrogens with one attached hydrogen (secondary N) is 1. The van der Waals surface area contributed by atoms with E-state index in [0.29, 0.717) is 17.1 Å². The fraction of sp³-hybridized carbons (Fsp3) is 0.588. The zero-order valence-electron chi connectivity index (χ0n) is 12.5. The molecule has 0 bridgehead atoms. The van der Waals surface area contributed by atoms with Crippen molar-refractivity contribution in [3.63, 3.8) is 0 Å². The second-order valence-corrected chi connectivity index (χ2v) is 7.28. The molecule has 2 fully saturated rings. The van der Waals surface area contributed by atoms with Gasteiger partial charge in [-0.2, -0.15) is 0 Å². The molecule has 1 aromatic rings. The number of piperidine rings is 2. The Labute approximate surface area is 131 Å². The van der Waals surface area contributed by atoms with Crippen LogP contribution in [0, 0.1) is 5.41 Å². The first kappa shape index (κ1) is 14.9. The van der Waals surface area contributed by atoms with E-state index < -0.39 is 0 Å². The third kappa shape index (κ3) is 3.80. The molecule has 114 valence electrons. The molecule has 3 rings (SSSR count). The standard InChI is InChI=1S/C17H24N2OS/c20-16(14-21-15-4-2-1-3-5-15)19-12-8-17(9-13-19)6-10-18-11-7-17/h1-5,18H,6-14H2. The van der Waals surface area contributed by atoms with Crippen molar-refractivity contribution in [2.75, 3.05) is 31.9 Å². The lowest BCUT2D eigenvalue weighted by atomic mass is 9.71. The topological polar surface area (TPSA) is 32.3 Å². The maximum atomic E-state index is 12.3. The fourth-order valence-electron chi connectivity index (χ4n) is 3.44. The van der Waals surface area contributed by atoms with Crippen LogP contribution in [0.2, 0.25) is 0 Å². The normalized spacial score (nSPS) is 21.4. The summed E-state index contributed by atoms with van der Waals surface area (Å²) < 4.78 is 0. The van der Waals surface area contributed by atoms with E-state index in [0.717, 1.165) is 26.2 Å². The van der Waals surface area contributed by atoms with Gasteiger partial charge in [0, 0.05) is 18.0 Å². The van der Waals surface area contributed by atoms with E-state index in [1.165, 1.54) is 30.6 Å². The first-order valence-corrected chi connectivity index (χ1v) is 8.92. The Balaban J connectivity index is 1.46. The highest BCUT2D eigenvalue weighted by Gasteiger charge is 2.36. The summed E-state index contributed by atoms with van der Waals surface area (Å²) in [5.41, 5.74) is 0.522. The van der Waals surface area contributed by atoms with Gasteiger partial charge in [-0.3, -0.25) is 4.79 Å². The number of hydrogen-bond donors (Lipinski definition) is 1. The Kier molecular flexibility index (Phi) is 4.86. The molecule has 21 heavy (non-hydrogen) atoms. The molecule has 2 aliphatic rings. The first-order chi connectivity index (χ1) is 10.3. The zero-order valence-corrected chi connectivity index (χ0v) is 13.3. The van der Waals surface area contributed by atoms with Gasteiger partial charge >= 0.3 is 0 Å². The second kappa shape index (κ2) is 6.84. The predicted molar refractivity (Wildman–Crippen MR) is 87.5 cm³/mol. The van der Waals surface area contributed by atoms with Gasteiger partial charge in [0.1, 0.15) is 0 Å². The van der Waals surface area contributed by atoms with Crippen LogP contribution in [0.3, 0.4) is 0 Å². The Morgan fingerprint density at radius 3 is 2.43 bits per heavy atom. The summed E-state index contributed by atoms with van der Waals surface area (Å²) >= 11 is 1.65. The van der Waals surface area contributed by atoms with Crippen LogP contribution < -0.4 is 5.32 Å². The summed E-state index contributed by atoms with van der Waals surface area (Å²) in [6, 6.07) is 10.2. The number of nitrogens with zero attached hydrogens (tertiary/aromatic N) is 1. The minimum absolute atomic E-state index is 0.299. The molecule has 1 N–H and O–H groups in total. The maximum Gasteiger partial charge on any atom is 0.232 e. The predicted octanol–water partition coefficient (Wildman–Crippen LogP) is 2.77. The van der Waals surface area contributed by atoms with E-state index >= 15 is 0 Å². The summed E-state index contributed by atoms with van der Waals surface area (Å²) in [6.45, 7) is 4.21. The largest absolute Gasteiger partial charge is 0.342 e. The fourth-order valence-corrected chi connectivity index (χ4v) is 4.26. The van der Waals surface area contributed by atoms with Gasteiger partial charge in [0.15, 0.2) is 0 Å². The Morgan fingerprint density at radius 1 is 1.10 bits per heavy atom. The van der Waals surface area contributed by atoms with Crippen molar-refractivity contribution >= 4 is 17.7 Å². The lowest BCUT2D eigenvalue weighted by molar-refractivity contribution is -0.130. The molecule has 0 atom stereocenters.